The van der Waals surface area contributed by atoms with E-state index in [9.17, 15) is 24.3 Å². The van der Waals surface area contributed by atoms with Gasteiger partial charge >= 0.3 is 6.09 Å². The van der Waals surface area contributed by atoms with Crippen LogP contribution in [0.15, 0.2) is 29.1 Å². The Hall–Kier alpha value is -3.97. The number of amides is 1. The Morgan fingerprint density at radius 1 is 1.26 bits per heavy atom. The summed E-state index contributed by atoms with van der Waals surface area (Å²) in [6, 6.07) is 7.30. The number of phenolic OH excluding ortho intramolecular Hbond substituents is 1. The molecule has 2 aliphatic rings. The Morgan fingerprint density at radius 2 is 2.00 bits per heavy atom. The van der Waals surface area contributed by atoms with Gasteiger partial charge in [-0.1, -0.05) is 17.7 Å². The SMILES string of the molecule is CC1CN(C(=O)OC(C)(C)C)CCN1c1c(C#N)c(=O)n2c3c(c(-c4c(O)cccc4F)c(Cl)cc13)OCC2. The Bertz CT molecular complexity index is 1590. The molecule has 39 heavy (non-hydrogen) atoms. The Kier molecular flexibility index (Phi) is 6.59. The lowest BCUT2D eigenvalue weighted by molar-refractivity contribution is 0.0219. The van der Waals surface area contributed by atoms with Crippen molar-refractivity contribution in [2.24, 2.45) is 0 Å². The summed E-state index contributed by atoms with van der Waals surface area (Å²) in [5.74, 6) is -0.861. The van der Waals surface area contributed by atoms with Crippen LogP contribution in [0.4, 0.5) is 14.9 Å². The van der Waals surface area contributed by atoms with Gasteiger partial charge in [-0.05, 0) is 45.9 Å². The van der Waals surface area contributed by atoms with Crippen LogP contribution in [0, 0.1) is 17.1 Å². The molecular weight excluding hydrogens is 527 g/mol. The van der Waals surface area contributed by atoms with Crippen molar-refractivity contribution in [1.82, 2.24) is 9.47 Å². The summed E-state index contributed by atoms with van der Waals surface area (Å²) in [5, 5.41) is 21.2. The van der Waals surface area contributed by atoms with Crippen LogP contribution in [0.25, 0.3) is 22.0 Å². The number of halogens is 2. The first-order valence-electron chi connectivity index (χ1n) is 12.6. The van der Waals surface area contributed by atoms with E-state index in [1.54, 1.807) is 31.7 Å². The van der Waals surface area contributed by atoms with Crippen LogP contribution in [0.1, 0.15) is 33.3 Å². The number of pyridine rings is 1. The van der Waals surface area contributed by atoms with Crippen LogP contribution in [-0.4, -0.2) is 58.6 Å². The van der Waals surface area contributed by atoms with Crippen LogP contribution >= 0.6 is 11.6 Å². The molecule has 3 aromatic rings. The standard InChI is InChI=1S/C28H28ClFN4O5/c1-15-14-32(27(37)39-28(2,3)4)8-9-33(15)23-16-12-18(29)21(22-19(30)6-5-7-20(22)35)25-24(16)34(10-11-38-25)26(36)17(23)13-31/h5-7,12,15,35H,8-11,14H2,1-4H3. The lowest BCUT2D eigenvalue weighted by Gasteiger charge is -2.42. The summed E-state index contributed by atoms with van der Waals surface area (Å²) in [6.45, 7) is 8.52. The van der Waals surface area contributed by atoms with Gasteiger partial charge in [-0.15, -0.1) is 0 Å². The molecule has 0 aliphatic carbocycles. The quantitative estimate of drug-likeness (QED) is 0.481. The van der Waals surface area contributed by atoms with E-state index in [2.05, 4.69) is 6.07 Å². The van der Waals surface area contributed by atoms with Crippen LogP contribution < -0.4 is 15.2 Å². The van der Waals surface area contributed by atoms with Gasteiger partial charge in [0.1, 0.15) is 35.4 Å². The number of carbonyl (C=O) groups is 1. The average molecular weight is 555 g/mol. The zero-order chi connectivity index (χ0) is 28.2. The van der Waals surface area contributed by atoms with Crippen LogP contribution in [0.5, 0.6) is 11.5 Å². The first kappa shape index (κ1) is 26.6. The summed E-state index contributed by atoms with van der Waals surface area (Å²) < 4.78 is 27.9. The first-order chi connectivity index (χ1) is 18.4. The number of anilines is 1. The van der Waals surface area contributed by atoms with Crippen LogP contribution in [0.3, 0.4) is 0 Å². The van der Waals surface area contributed by atoms with E-state index < -0.39 is 23.1 Å². The Morgan fingerprint density at radius 3 is 2.64 bits per heavy atom. The van der Waals surface area contributed by atoms with Crippen LogP contribution in [0.2, 0.25) is 5.02 Å². The smallest absolute Gasteiger partial charge is 0.410 e. The second-order valence-corrected chi connectivity index (χ2v) is 11.1. The maximum absolute atomic E-state index is 14.9. The number of nitriles is 1. The first-order valence-corrected chi connectivity index (χ1v) is 13.0. The topological polar surface area (TPSA) is 108 Å². The number of benzene rings is 2. The van der Waals surface area contributed by atoms with Gasteiger partial charge < -0.3 is 28.9 Å². The lowest BCUT2D eigenvalue weighted by Crippen LogP contribution is -2.55. The maximum Gasteiger partial charge on any atom is 0.410 e. The molecule has 0 saturated carbocycles. The van der Waals surface area contributed by atoms with E-state index in [0.717, 1.165) is 0 Å². The van der Waals surface area contributed by atoms with E-state index >= 15 is 0 Å². The van der Waals surface area contributed by atoms with Crippen molar-refractivity contribution in [1.29, 1.82) is 5.26 Å². The fourth-order valence-electron chi connectivity index (χ4n) is 5.30. The second-order valence-electron chi connectivity index (χ2n) is 10.7. The molecule has 1 atom stereocenters. The van der Waals surface area contributed by atoms with Gasteiger partial charge in [-0.2, -0.15) is 5.26 Å². The zero-order valence-electron chi connectivity index (χ0n) is 22.0. The number of rotatable bonds is 2. The minimum atomic E-state index is -0.698. The molecule has 9 nitrogen and oxygen atoms in total. The predicted molar refractivity (Wildman–Crippen MR) is 145 cm³/mol. The number of piperazine rings is 1. The molecule has 2 aliphatic heterocycles. The van der Waals surface area contributed by atoms with Gasteiger partial charge in [0, 0.05) is 31.1 Å². The largest absolute Gasteiger partial charge is 0.507 e. The van der Waals surface area contributed by atoms with E-state index in [4.69, 9.17) is 21.1 Å². The minimum absolute atomic E-state index is 0.0505. The fraction of sp³-hybridized carbons (Fsp3) is 0.393. The zero-order valence-corrected chi connectivity index (χ0v) is 22.8. The van der Waals surface area contributed by atoms with Crippen molar-refractivity contribution in [3.8, 4) is 28.7 Å². The van der Waals surface area contributed by atoms with Crippen molar-refractivity contribution in [2.75, 3.05) is 31.1 Å². The molecule has 1 fully saturated rings. The van der Waals surface area contributed by atoms with Crippen molar-refractivity contribution >= 4 is 34.3 Å². The molecule has 3 heterocycles. The van der Waals surface area contributed by atoms with Gasteiger partial charge in [-0.25, -0.2) is 9.18 Å². The predicted octanol–water partition coefficient (Wildman–Crippen LogP) is 4.88. The highest BCUT2D eigenvalue weighted by atomic mass is 35.5. The summed E-state index contributed by atoms with van der Waals surface area (Å²) in [6.07, 6.45) is -0.433. The molecule has 11 heteroatoms. The number of aromatic nitrogens is 1. The molecule has 0 bridgehead atoms. The number of hydrogen-bond acceptors (Lipinski definition) is 7. The molecule has 0 spiro atoms. The average Bonchev–Trinajstić information content (AvgIpc) is 2.86. The number of aromatic hydroxyl groups is 1. The molecule has 2 aromatic carbocycles. The van der Waals surface area contributed by atoms with Crippen molar-refractivity contribution in [3.05, 3.63) is 51.0 Å². The van der Waals surface area contributed by atoms with Gasteiger partial charge in [0.15, 0.2) is 5.75 Å². The third kappa shape index (κ3) is 4.51. The van der Waals surface area contributed by atoms with Crippen molar-refractivity contribution < 1.29 is 23.8 Å². The normalized spacial score (nSPS) is 17.1. The van der Waals surface area contributed by atoms with Gasteiger partial charge in [0.25, 0.3) is 5.56 Å². The number of phenols is 1. The monoisotopic (exact) mass is 554 g/mol. The van der Waals surface area contributed by atoms with Crippen LogP contribution in [-0.2, 0) is 11.3 Å². The minimum Gasteiger partial charge on any atom is -0.507 e. The summed E-state index contributed by atoms with van der Waals surface area (Å²) in [4.78, 5) is 29.8. The Balaban J connectivity index is 1.70. The van der Waals surface area contributed by atoms with E-state index in [1.807, 2.05) is 11.8 Å². The lowest BCUT2D eigenvalue weighted by atomic mass is 9.97. The van der Waals surface area contributed by atoms with Gasteiger partial charge in [-0.3, -0.25) is 4.79 Å². The third-order valence-corrected chi connectivity index (χ3v) is 7.21. The summed E-state index contributed by atoms with van der Waals surface area (Å²) >= 11 is 6.73. The Labute approximate surface area is 229 Å². The van der Waals surface area contributed by atoms with E-state index in [0.29, 0.717) is 36.2 Å². The molecule has 1 N–H and O–H groups in total. The molecule has 0 radical (unpaired) electrons. The third-order valence-electron chi connectivity index (χ3n) is 6.91. The van der Waals surface area contributed by atoms with Gasteiger partial charge in [0.2, 0.25) is 0 Å². The molecule has 5 rings (SSSR count). The number of carbonyl (C=O) groups excluding carboxylic acids is 1. The highest BCUT2D eigenvalue weighted by Crippen LogP contribution is 2.49. The highest BCUT2D eigenvalue weighted by molar-refractivity contribution is 6.35. The fourth-order valence-corrected chi connectivity index (χ4v) is 5.59. The summed E-state index contributed by atoms with van der Waals surface area (Å²) in [7, 11) is 0. The second kappa shape index (κ2) is 9.65. The molecule has 204 valence electrons. The van der Waals surface area contributed by atoms with Crippen molar-refractivity contribution in [2.45, 2.75) is 45.9 Å². The number of ether oxygens (including phenoxy) is 2. The van der Waals surface area contributed by atoms with Crippen molar-refractivity contribution in [3.63, 3.8) is 0 Å². The summed E-state index contributed by atoms with van der Waals surface area (Å²) in [5.41, 5.74) is -0.455. The van der Waals surface area contributed by atoms with E-state index in [-0.39, 0.29) is 52.4 Å². The molecule has 1 unspecified atom stereocenters. The molecule has 1 aromatic heterocycles. The molecule has 1 saturated heterocycles. The van der Waals surface area contributed by atoms with E-state index in [1.165, 1.54) is 22.8 Å². The maximum atomic E-state index is 14.9. The number of nitrogens with zero attached hydrogens (tertiary/aromatic N) is 4. The highest BCUT2D eigenvalue weighted by Gasteiger charge is 2.35. The number of hydrogen-bond donors (Lipinski definition) is 1. The molecule has 1 amide bonds. The van der Waals surface area contributed by atoms with Gasteiger partial charge in [0.05, 0.1) is 33.9 Å². The molecular formula is C28H28ClFN4O5.